The monoisotopic (exact) mass is 408 g/mol. The van der Waals surface area contributed by atoms with Gasteiger partial charge in [-0.1, -0.05) is 42.0 Å². The van der Waals surface area contributed by atoms with Gasteiger partial charge in [0.1, 0.15) is 0 Å². The second-order valence-electron chi connectivity index (χ2n) is 8.60. The Morgan fingerprint density at radius 2 is 1.73 bits per heavy atom. The molecule has 30 heavy (non-hydrogen) atoms. The van der Waals surface area contributed by atoms with Crippen LogP contribution in [0.1, 0.15) is 30.9 Å². The van der Waals surface area contributed by atoms with Crippen LogP contribution in [0.15, 0.2) is 41.4 Å². The van der Waals surface area contributed by atoms with Crippen LogP contribution in [0.5, 0.6) is 0 Å². The first-order valence-electron chi connectivity index (χ1n) is 11.2. The smallest absolute Gasteiger partial charge is 0.233 e. The van der Waals surface area contributed by atoms with Crippen LogP contribution in [0.2, 0.25) is 0 Å². The summed E-state index contributed by atoms with van der Waals surface area (Å²) in [6, 6.07) is 8.57. The molecule has 160 valence electrons. The molecule has 0 radical (unpaired) electrons. The van der Waals surface area contributed by atoms with Crippen molar-refractivity contribution in [1.82, 2.24) is 15.5 Å². The van der Waals surface area contributed by atoms with E-state index in [1.807, 2.05) is 6.92 Å². The number of nitrogens with zero attached hydrogens (tertiary/aromatic N) is 2. The van der Waals surface area contributed by atoms with E-state index in [2.05, 4.69) is 59.0 Å². The van der Waals surface area contributed by atoms with Gasteiger partial charge >= 0.3 is 0 Å². The SMILES string of the molecule is CCNC(=NCCCN1C(=O)C2C3C=CC(C3)C2C1=O)NCCc1ccc(C)cc1. The lowest BCUT2D eigenvalue weighted by atomic mass is 9.85. The van der Waals surface area contributed by atoms with Crippen molar-refractivity contribution < 1.29 is 9.59 Å². The highest BCUT2D eigenvalue weighted by Gasteiger charge is 2.58. The van der Waals surface area contributed by atoms with Gasteiger partial charge < -0.3 is 10.6 Å². The Balaban J connectivity index is 1.23. The van der Waals surface area contributed by atoms with E-state index in [-0.39, 0.29) is 35.5 Å². The van der Waals surface area contributed by atoms with E-state index in [9.17, 15) is 9.59 Å². The van der Waals surface area contributed by atoms with Crippen LogP contribution in [0.25, 0.3) is 0 Å². The number of nitrogens with one attached hydrogen (secondary N) is 2. The average molecular weight is 409 g/mol. The second-order valence-corrected chi connectivity index (χ2v) is 8.60. The summed E-state index contributed by atoms with van der Waals surface area (Å²) in [7, 11) is 0. The van der Waals surface area contributed by atoms with Crippen LogP contribution in [-0.2, 0) is 16.0 Å². The van der Waals surface area contributed by atoms with Gasteiger partial charge in [0.15, 0.2) is 5.96 Å². The molecule has 2 bridgehead atoms. The van der Waals surface area contributed by atoms with Crippen LogP contribution in [-0.4, -0.2) is 48.9 Å². The molecule has 1 saturated heterocycles. The molecular formula is C24H32N4O2. The third-order valence-electron chi connectivity index (χ3n) is 6.54. The highest BCUT2D eigenvalue weighted by molar-refractivity contribution is 6.06. The standard InChI is InChI=1S/C24H32N4O2/c1-3-25-24(27-13-11-17-7-5-16(2)6-8-17)26-12-4-14-28-22(29)20-18-9-10-19(15-18)21(20)23(28)30/h5-10,18-21H,3-4,11-15H2,1-2H3,(H2,25,26,27). The number of amides is 2. The fourth-order valence-corrected chi connectivity index (χ4v) is 5.03. The molecule has 0 aromatic heterocycles. The van der Waals surface area contributed by atoms with Crippen LogP contribution < -0.4 is 10.6 Å². The zero-order chi connectivity index (χ0) is 21.1. The number of benzene rings is 1. The molecule has 1 aromatic carbocycles. The number of carbonyl (C=O) groups is 2. The largest absolute Gasteiger partial charge is 0.357 e. The fraction of sp³-hybridized carbons (Fsp3) is 0.542. The number of carbonyl (C=O) groups excluding carboxylic acids is 2. The number of fused-ring (bicyclic) bond motifs is 5. The first-order chi connectivity index (χ1) is 14.6. The van der Waals surface area contributed by atoms with Crippen LogP contribution in [0.4, 0.5) is 0 Å². The van der Waals surface area contributed by atoms with Crippen molar-refractivity contribution in [1.29, 1.82) is 0 Å². The summed E-state index contributed by atoms with van der Waals surface area (Å²) < 4.78 is 0. The van der Waals surface area contributed by atoms with Crippen molar-refractivity contribution in [3.8, 4) is 0 Å². The average Bonchev–Trinajstić information content (AvgIpc) is 3.42. The Labute approximate surface area is 178 Å². The second kappa shape index (κ2) is 9.02. The fourth-order valence-electron chi connectivity index (χ4n) is 5.03. The highest BCUT2D eigenvalue weighted by Crippen LogP contribution is 2.52. The summed E-state index contributed by atoms with van der Waals surface area (Å²) in [5.74, 6) is 1.20. The lowest BCUT2D eigenvalue weighted by Crippen LogP contribution is -2.38. The number of imide groups is 1. The highest BCUT2D eigenvalue weighted by atomic mass is 16.2. The molecule has 1 saturated carbocycles. The molecule has 6 heteroatoms. The molecule has 0 spiro atoms. The zero-order valence-electron chi connectivity index (χ0n) is 17.9. The van der Waals surface area contributed by atoms with Crippen molar-refractivity contribution >= 4 is 17.8 Å². The minimum absolute atomic E-state index is 0.0361. The van der Waals surface area contributed by atoms with E-state index >= 15 is 0 Å². The van der Waals surface area contributed by atoms with E-state index in [0.29, 0.717) is 19.5 Å². The molecule has 4 rings (SSSR count). The molecule has 6 nitrogen and oxygen atoms in total. The van der Waals surface area contributed by atoms with Crippen LogP contribution >= 0.6 is 0 Å². The molecule has 2 fully saturated rings. The predicted molar refractivity (Wildman–Crippen MR) is 118 cm³/mol. The van der Waals surface area contributed by atoms with E-state index < -0.39 is 0 Å². The van der Waals surface area contributed by atoms with Gasteiger partial charge in [-0.25, -0.2) is 0 Å². The van der Waals surface area contributed by atoms with Crippen molar-refractivity contribution in [3.05, 3.63) is 47.5 Å². The lowest BCUT2D eigenvalue weighted by Gasteiger charge is -2.17. The molecular weight excluding hydrogens is 376 g/mol. The summed E-state index contributed by atoms with van der Waals surface area (Å²) in [4.78, 5) is 31.6. The number of aliphatic imine (C=N–C) groups is 1. The van der Waals surface area contributed by atoms with Crippen LogP contribution in [0.3, 0.4) is 0 Å². The Morgan fingerprint density at radius 1 is 1.07 bits per heavy atom. The molecule has 1 aromatic rings. The van der Waals surface area contributed by atoms with Gasteiger partial charge in [-0.05, 0) is 50.5 Å². The molecule has 1 heterocycles. The normalized spacial score (nSPS) is 27.1. The molecule has 2 N–H and O–H groups in total. The van der Waals surface area contributed by atoms with E-state index in [1.165, 1.54) is 16.0 Å². The summed E-state index contributed by atoms with van der Waals surface area (Å²) in [6.07, 6.45) is 6.87. The van der Waals surface area contributed by atoms with Crippen LogP contribution in [0, 0.1) is 30.6 Å². The molecule has 1 aliphatic heterocycles. The van der Waals surface area contributed by atoms with Gasteiger partial charge in [0.2, 0.25) is 11.8 Å². The van der Waals surface area contributed by atoms with Crippen molar-refractivity contribution in [3.63, 3.8) is 0 Å². The number of aryl methyl sites for hydroxylation is 1. The Morgan fingerprint density at radius 3 is 2.37 bits per heavy atom. The van der Waals surface area contributed by atoms with Gasteiger partial charge in [-0.15, -0.1) is 0 Å². The Hall–Kier alpha value is -2.63. The summed E-state index contributed by atoms with van der Waals surface area (Å²) >= 11 is 0. The predicted octanol–water partition coefficient (Wildman–Crippen LogP) is 2.29. The van der Waals surface area contributed by atoms with Gasteiger partial charge in [0.05, 0.1) is 11.8 Å². The molecule has 4 atom stereocenters. The maximum Gasteiger partial charge on any atom is 0.233 e. The van der Waals surface area contributed by atoms with E-state index in [1.54, 1.807) is 0 Å². The van der Waals surface area contributed by atoms with Crippen molar-refractivity contribution in [2.45, 2.75) is 33.1 Å². The van der Waals surface area contributed by atoms with Crippen molar-refractivity contribution in [2.75, 3.05) is 26.2 Å². The van der Waals surface area contributed by atoms with Gasteiger partial charge in [0, 0.05) is 26.2 Å². The molecule has 4 unspecified atom stereocenters. The summed E-state index contributed by atoms with van der Waals surface area (Å²) in [6.45, 7) is 6.78. The number of likely N-dealkylation sites (tertiary alicyclic amines) is 1. The molecule has 2 aliphatic carbocycles. The maximum absolute atomic E-state index is 12.7. The topological polar surface area (TPSA) is 73.8 Å². The molecule has 3 aliphatic rings. The number of hydrogen-bond acceptors (Lipinski definition) is 3. The summed E-state index contributed by atoms with van der Waals surface area (Å²) in [5, 5.41) is 6.62. The molecule has 2 amide bonds. The van der Waals surface area contributed by atoms with E-state index in [4.69, 9.17) is 0 Å². The minimum atomic E-state index is -0.100. The van der Waals surface area contributed by atoms with Gasteiger partial charge in [-0.3, -0.25) is 19.5 Å². The van der Waals surface area contributed by atoms with Gasteiger partial charge in [-0.2, -0.15) is 0 Å². The first-order valence-corrected chi connectivity index (χ1v) is 11.2. The van der Waals surface area contributed by atoms with Crippen molar-refractivity contribution in [2.24, 2.45) is 28.7 Å². The minimum Gasteiger partial charge on any atom is -0.357 e. The number of allylic oxidation sites excluding steroid dienone is 2. The zero-order valence-corrected chi connectivity index (χ0v) is 17.9. The third-order valence-corrected chi connectivity index (χ3v) is 6.54. The van der Waals surface area contributed by atoms with E-state index in [0.717, 1.165) is 31.9 Å². The quantitative estimate of drug-likeness (QED) is 0.228. The Bertz CT molecular complexity index is 815. The summed E-state index contributed by atoms with van der Waals surface area (Å²) in [5.41, 5.74) is 2.56. The lowest BCUT2D eigenvalue weighted by molar-refractivity contribution is -0.140. The maximum atomic E-state index is 12.7. The number of guanidine groups is 1. The Kier molecular flexibility index (Phi) is 6.21. The number of rotatable bonds is 8. The van der Waals surface area contributed by atoms with Gasteiger partial charge in [0.25, 0.3) is 0 Å². The number of hydrogen-bond donors (Lipinski definition) is 2. The first kappa shape index (κ1) is 20.6. The third kappa shape index (κ3) is 4.13.